The molecule has 0 saturated carbocycles. The first-order valence-electron chi connectivity index (χ1n) is 8.10. The minimum Gasteiger partial charge on any atom is -0.478 e. The standard InChI is InChI=1S/C20H21N3O2/c1-22(2)13-15-6-8-16(9-7-15)14-23-11-10-21-19(23)17-4-3-5-18(12-17)20(24)25/h3-12H,13-14H2,1-2H3,(H,24,25). The smallest absolute Gasteiger partial charge is 0.335 e. The topological polar surface area (TPSA) is 58.4 Å². The second-order valence-electron chi connectivity index (χ2n) is 6.32. The van der Waals surface area contributed by atoms with Gasteiger partial charge in [-0.05, 0) is 37.4 Å². The van der Waals surface area contributed by atoms with Gasteiger partial charge >= 0.3 is 5.97 Å². The number of imidazole rings is 1. The fourth-order valence-corrected chi connectivity index (χ4v) is 2.80. The lowest BCUT2D eigenvalue weighted by Gasteiger charge is -2.11. The molecule has 5 heteroatoms. The van der Waals surface area contributed by atoms with Crippen LogP contribution >= 0.6 is 0 Å². The van der Waals surface area contributed by atoms with E-state index in [0.717, 1.165) is 17.9 Å². The van der Waals surface area contributed by atoms with Crippen LogP contribution in [0.15, 0.2) is 60.9 Å². The molecule has 0 unspecified atom stereocenters. The van der Waals surface area contributed by atoms with Gasteiger partial charge in [-0.15, -0.1) is 0 Å². The number of rotatable bonds is 6. The maximum absolute atomic E-state index is 11.2. The number of hydrogen-bond acceptors (Lipinski definition) is 3. The Balaban J connectivity index is 1.82. The molecule has 2 aromatic carbocycles. The van der Waals surface area contributed by atoms with Gasteiger partial charge in [0.25, 0.3) is 0 Å². The van der Waals surface area contributed by atoms with Crippen molar-refractivity contribution in [2.45, 2.75) is 13.1 Å². The van der Waals surface area contributed by atoms with Crippen molar-refractivity contribution in [3.63, 3.8) is 0 Å². The third-order valence-electron chi connectivity index (χ3n) is 3.96. The molecule has 0 fully saturated rings. The molecular weight excluding hydrogens is 314 g/mol. The average molecular weight is 335 g/mol. The molecule has 0 amide bonds. The van der Waals surface area contributed by atoms with Gasteiger partial charge in [-0.25, -0.2) is 9.78 Å². The van der Waals surface area contributed by atoms with E-state index in [4.69, 9.17) is 5.11 Å². The van der Waals surface area contributed by atoms with Crippen molar-refractivity contribution in [1.82, 2.24) is 14.5 Å². The van der Waals surface area contributed by atoms with Crippen molar-refractivity contribution in [2.24, 2.45) is 0 Å². The maximum Gasteiger partial charge on any atom is 0.335 e. The minimum absolute atomic E-state index is 0.264. The molecule has 0 aliphatic heterocycles. The molecule has 0 aliphatic carbocycles. The van der Waals surface area contributed by atoms with Crippen molar-refractivity contribution in [1.29, 1.82) is 0 Å². The van der Waals surface area contributed by atoms with Gasteiger partial charge in [0.2, 0.25) is 0 Å². The van der Waals surface area contributed by atoms with Crippen LogP contribution in [0.1, 0.15) is 21.5 Å². The van der Waals surface area contributed by atoms with E-state index in [9.17, 15) is 4.79 Å². The normalized spacial score (nSPS) is 11.0. The average Bonchev–Trinajstić information content (AvgIpc) is 3.04. The number of carboxylic acids is 1. The van der Waals surface area contributed by atoms with Crippen molar-refractivity contribution >= 4 is 5.97 Å². The lowest BCUT2D eigenvalue weighted by molar-refractivity contribution is 0.0697. The Morgan fingerprint density at radius 2 is 1.84 bits per heavy atom. The van der Waals surface area contributed by atoms with Gasteiger partial charge in [0.05, 0.1) is 5.56 Å². The molecule has 3 aromatic rings. The highest BCUT2D eigenvalue weighted by Gasteiger charge is 2.10. The van der Waals surface area contributed by atoms with E-state index in [2.05, 4.69) is 48.2 Å². The number of benzene rings is 2. The van der Waals surface area contributed by atoms with Crippen molar-refractivity contribution in [3.8, 4) is 11.4 Å². The number of carbonyl (C=O) groups is 1. The van der Waals surface area contributed by atoms with E-state index in [1.165, 1.54) is 11.1 Å². The zero-order chi connectivity index (χ0) is 17.8. The second-order valence-corrected chi connectivity index (χ2v) is 6.32. The summed E-state index contributed by atoms with van der Waals surface area (Å²) in [7, 11) is 4.11. The summed E-state index contributed by atoms with van der Waals surface area (Å²) in [6.45, 7) is 1.60. The predicted octanol–water partition coefficient (Wildman–Crippen LogP) is 3.36. The van der Waals surface area contributed by atoms with Crippen molar-refractivity contribution < 1.29 is 9.90 Å². The fourth-order valence-electron chi connectivity index (χ4n) is 2.80. The van der Waals surface area contributed by atoms with Gasteiger partial charge < -0.3 is 14.6 Å². The summed E-state index contributed by atoms with van der Waals surface area (Å²) >= 11 is 0. The van der Waals surface area contributed by atoms with Crippen LogP contribution in [-0.4, -0.2) is 39.6 Å². The van der Waals surface area contributed by atoms with Gasteiger partial charge in [-0.3, -0.25) is 0 Å². The molecule has 0 bridgehead atoms. The first kappa shape index (κ1) is 16.9. The van der Waals surface area contributed by atoms with E-state index in [1.807, 2.05) is 16.8 Å². The molecule has 25 heavy (non-hydrogen) atoms. The van der Waals surface area contributed by atoms with E-state index in [1.54, 1.807) is 24.4 Å². The summed E-state index contributed by atoms with van der Waals surface area (Å²) in [5, 5.41) is 9.17. The summed E-state index contributed by atoms with van der Waals surface area (Å²) in [5.41, 5.74) is 3.51. The van der Waals surface area contributed by atoms with Crippen molar-refractivity contribution in [2.75, 3.05) is 14.1 Å². The lowest BCUT2D eigenvalue weighted by Crippen LogP contribution is -2.10. The van der Waals surface area contributed by atoms with Crippen LogP contribution < -0.4 is 0 Å². The number of carboxylic acid groups (broad SMARTS) is 1. The van der Waals surface area contributed by atoms with Crippen LogP contribution in [0, 0.1) is 0 Å². The zero-order valence-electron chi connectivity index (χ0n) is 14.4. The predicted molar refractivity (Wildman–Crippen MR) is 97.6 cm³/mol. The number of aromatic carboxylic acids is 1. The lowest BCUT2D eigenvalue weighted by atomic mass is 10.1. The van der Waals surface area contributed by atoms with Crippen LogP contribution in [-0.2, 0) is 13.1 Å². The minimum atomic E-state index is -0.934. The third kappa shape index (κ3) is 4.14. The van der Waals surface area contributed by atoms with E-state index < -0.39 is 5.97 Å². The zero-order valence-corrected chi connectivity index (χ0v) is 14.4. The summed E-state index contributed by atoms with van der Waals surface area (Å²) in [6.07, 6.45) is 3.65. The maximum atomic E-state index is 11.2. The Hall–Kier alpha value is -2.92. The monoisotopic (exact) mass is 335 g/mol. The summed E-state index contributed by atoms with van der Waals surface area (Å²) in [6, 6.07) is 15.4. The molecule has 0 spiro atoms. The first-order chi connectivity index (χ1) is 12.0. The van der Waals surface area contributed by atoms with Crippen molar-refractivity contribution in [3.05, 3.63) is 77.6 Å². The van der Waals surface area contributed by atoms with Crippen LogP contribution in [0.3, 0.4) is 0 Å². The molecule has 5 nitrogen and oxygen atoms in total. The summed E-state index contributed by atoms with van der Waals surface area (Å²) < 4.78 is 2.03. The van der Waals surface area contributed by atoms with Gasteiger partial charge in [0, 0.05) is 31.0 Å². The molecule has 0 radical (unpaired) electrons. The highest BCUT2D eigenvalue weighted by atomic mass is 16.4. The quantitative estimate of drug-likeness (QED) is 0.750. The summed E-state index contributed by atoms with van der Waals surface area (Å²) in [5.74, 6) is -0.170. The van der Waals surface area contributed by atoms with Crippen LogP contribution in [0.2, 0.25) is 0 Å². The fraction of sp³-hybridized carbons (Fsp3) is 0.200. The molecule has 1 heterocycles. The van der Waals surface area contributed by atoms with Gasteiger partial charge in [0.1, 0.15) is 5.82 Å². The van der Waals surface area contributed by atoms with Crippen LogP contribution in [0.4, 0.5) is 0 Å². The molecule has 128 valence electrons. The first-order valence-corrected chi connectivity index (χ1v) is 8.10. The molecular formula is C20H21N3O2. The Morgan fingerprint density at radius 1 is 1.12 bits per heavy atom. The summed E-state index contributed by atoms with van der Waals surface area (Å²) in [4.78, 5) is 17.7. The third-order valence-corrected chi connectivity index (χ3v) is 3.96. The second kappa shape index (κ2) is 7.32. The molecule has 1 N–H and O–H groups in total. The number of aromatic nitrogens is 2. The van der Waals surface area contributed by atoms with Crippen LogP contribution in [0.25, 0.3) is 11.4 Å². The van der Waals surface area contributed by atoms with Gasteiger partial charge in [-0.1, -0.05) is 36.4 Å². The Labute approximate surface area is 147 Å². The van der Waals surface area contributed by atoms with E-state index >= 15 is 0 Å². The Bertz CT molecular complexity index is 867. The van der Waals surface area contributed by atoms with E-state index in [0.29, 0.717) is 6.54 Å². The SMILES string of the molecule is CN(C)Cc1ccc(Cn2ccnc2-c2cccc(C(=O)O)c2)cc1. The molecule has 3 rings (SSSR count). The number of hydrogen-bond donors (Lipinski definition) is 1. The molecule has 0 saturated heterocycles. The van der Waals surface area contributed by atoms with Gasteiger partial charge in [-0.2, -0.15) is 0 Å². The van der Waals surface area contributed by atoms with Gasteiger partial charge in [0.15, 0.2) is 0 Å². The number of nitrogens with zero attached hydrogens (tertiary/aromatic N) is 3. The largest absolute Gasteiger partial charge is 0.478 e. The molecule has 0 atom stereocenters. The Morgan fingerprint density at radius 3 is 2.52 bits per heavy atom. The highest BCUT2D eigenvalue weighted by molar-refractivity contribution is 5.89. The molecule has 0 aliphatic rings. The molecule has 1 aromatic heterocycles. The van der Waals surface area contributed by atoms with Crippen LogP contribution in [0.5, 0.6) is 0 Å². The Kier molecular flexibility index (Phi) is 4.95. The highest BCUT2D eigenvalue weighted by Crippen LogP contribution is 2.20. The van der Waals surface area contributed by atoms with E-state index in [-0.39, 0.29) is 5.56 Å².